The average molecular weight is 792 g/mol. The van der Waals surface area contributed by atoms with Crippen LogP contribution >= 0.6 is 0 Å². The number of nitrogens with zero attached hydrogens (tertiary/aromatic N) is 3. The summed E-state index contributed by atoms with van der Waals surface area (Å²) in [7, 11) is 0. The predicted octanol–water partition coefficient (Wildman–Crippen LogP) is 14.5. The van der Waals surface area contributed by atoms with E-state index < -0.39 is 5.41 Å². The number of para-hydroxylation sites is 2. The van der Waals surface area contributed by atoms with Gasteiger partial charge in [0.15, 0.2) is 17.5 Å². The van der Waals surface area contributed by atoms with Gasteiger partial charge in [-0.15, -0.1) is 0 Å². The number of aromatic nitrogens is 3. The van der Waals surface area contributed by atoms with Crippen molar-refractivity contribution < 1.29 is 4.42 Å². The maximum Gasteiger partial charge on any atom is 0.167 e. The Balaban J connectivity index is 1.17. The highest BCUT2D eigenvalue weighted by molar-refractivity contribution is 6.09. The highest BCUT2D eigenvalue weighted by Gasteiger charge is 2.47. The standard InChI is InChI=1S/C58H37N3O/c1-5-19-38(20-6-1)40-35-36-47-51(37-40)58(41-23-9-3-10-24-41,42-25-11-4-12-26-42)50-33-18-31-48(53(47)50)56-59-55(46-29-14-13-27-43(46)39-21-7-2-8-22-39)60-57(61-56)49-32-17-30-45-44-28-15-16-34-52(44)62-54(45)49/h1-37H. The van der Waals surface area contributed by atoms with Gasteiger partial charge in [-0.25, -0.2) is 15.0 Å². The molecule has 0 bridgehead atoms. The molecule has 0 radical (unpaired) electrons. The Kier molecular flexibility index (Phi) is 8.36. The van der Waals surface area contributed by atoms with Gasteiger partial charge in [0.1, 0.15) is 11.2 Å². The van der Waals surface area contributed by atoms with Gasteiger partial charge in [-0.1, -0.05) is 206 Å². The Labute approximate surface area is 359 Å². The second-order valence-corrected chi connectivity index (χ2v) is 15.8. The SMILES string of the molecule is c1ccc(-c2ccc3c(c2)C(c2ccccc2)(c2ccccc2)c2cccc(-c4nc(-c5ccccc5-c5ccccc5)nc(-c5cccc6c5oc5ccccc56)n4)c2-3)cc1. The minimum Gasteiger partial charge on any atom is -0.455 e. The molecule has 11 aromatic rings. The number of benzene rings is 9. The third kappa shape index (κ3) is 5.58. The lowest BCUT2D eigenvalue weighted by Gasteiger charge is -2.34. The number of fused-ring (bicyclic) bond motifs is 6. The van der Waals surface area contributed by atoms with Gasteiger partial charge in [0.05, 0.1) is 11.0 Å². The van der Waals surface area contributed by atoms with E-state index in [2.05, 4.69) is 200 Å². The smallest absolute Gasteiger partial charge is 0.167 e. The lowest BCUT2D eigenvalue weighted by Crippen LogP contribution is -2.28. The summed E-state index contributed by atoms with van der Waals surface area (Å²) in [5, 5.41) is 2.07. The topological polar surface area (TPSA) is 51.8 Å². The van der Waals surface area contributed by atoms with Crippen molar-refractivity contribution in [1.82, 2.24) is 15.0 Å². The van der Waals surface area contributed by atoms with Crippen molar-refractivity contribution in [1.29, 1.82) is 0 Å². The molecule has 9 aromatic carbocycles. The van der Waals surface area contributed by atoms with Gasteiger partial charge >= 0.3 is 0 Å². The Hall–Kier alpha value is -8.21. The summed E-state index contributed by atoms with van der Waals surface area (Å²) in [6.45, 7) is 0. The molecule has 0 N–H and O–H groups in total. The molecule has 1 aliphatic carbocycles. The van der Waals surface area contributed by atoms with Crippen LogP contribution in [0.5, 0.6) is 0 Å². The minimum atomic E-state index is -0.632. The summed E-state index contributed by atoms with van der Waals surface area (Å²) >= 11 is 0. The third-order valence-corrected chi connectivity index (χ3v) is 12.5. The van der Waals surface area contributed by atoms with Crippen LogP contribution in [0.1, 0.15) is 22.3 Å². The maximum absolute atomic E-state index is 6.62. The van der Waals surface area contributed by atoms with E-state index in [0.717, 1.165) is 66.4 Å². The molecule has 62 heavy (non-hydrogen) atoms. The first-order valence-corrected chi connectivity index (χ1v) is 21.0. The van der Waals surface area contributed by atoms with Gasteiger partial charge in [-0.05, 0) is 73.8 Å². The molecular weight excluding hydrogens is 755 g/mol. The Morgan fingerprint density at radius 1 is 0.323 bits per heavy atom. The molecule has 290 valence electrons. The summed E-state index contributed by atoms with van der Waals surface area (Å²) in [6, 6.07) is 79.3. The van der Waals surface area contributed by atoms with Gasteiger partial charge in [0.25, 0.3) is 0 Å². The monoisotopic (exact) mass is 791 g/mol. The summed E-state index contributed by atoms with van der Waals surface area (Å²) in [4.78, 5) is 16.2. The zero-order chi connectivity index (χ0) is 41.0. The first kappa shape index (κ1) is 35.7. The van der Waals surface area contributed by atoms with Crippen molar-refractivity contribution in [3.63, 3.8) is 0 Å². The zero-order valence-corrected chi connectivity index (χ0v) is 33.6. The predicted molar refractivity (Wildman–Crippen MR) is 252 cm³/mol. The van der Waals surface area contributed by atoms with Crippen LogP contribution in [0.4, 0.5) is 0 Å². The lowest BCUT2D eigenvalue weighted by atomic mass is 9.67. The van der Waals surface area contributed by atoms with Crippen LogP contribution in [0.2, 0.25) is 0 Å². The number of hydrogen-bond acceptors (Lipinski definition) is 4. The van der Waals surface area contributed by atoms with Crippen molar-refractivity contribution in [3.05, 3.63) is 247 Å². The molecule has 0 spiro atoms. The fourth-order valence-electron chi connectivity index (χ4n) is 9.74. The third-order valence-electron chi connectivity index (χ3n) is 12.5. The van der Waals surface area contributed by atoms with Gasteiger partial charge in [-0.3, -0.25) is 0 Å². The second kappa shape index (κ2) is 14.5. The van der Waals surface area contributed by atoms with Crippen molar-refractivity contribution in [2.45, 2.75) is 5.41 Å². The van der Waals surface area contributed by atoms with E-state index in [1.807, 2.05) is 24.3 Å². The van der Waals surface area contributed by atoms with Crippen LogP contribution < -0.4 is 0 Å². The molecule has 0 unspecified atom stereocenters. The zero-order valence-electron chi connectivity index (χ0n) is 33.6. The minimum absolute atomic E-state index is 0.546. The van der Waals surface area contributed by atoms with Crippen LogP contribution in [0.3, 0.4) is 0 Å². The van der Waals surface area contributed by atoms with Crippen LogP contribution in [0, 0.1) is 0 Å². The van der Waals surface area contributed by atoms with Crippen LogP contribution in [-0.2, 0) is 5.41 Å². The van der Waals surface area contributed by atoms with Crippen molar-refractivity contribution in [2.24, 2.45) is 0 Å². The van der Waals surface area contributed by atoms with Crippen molar-refractivity contribution >= 4 is 21.9 Å². The van der Waals surface area contributed by atoms with Crippen molar-refractivity contribution in [2.75, 3.05) is 0 Å². The molecule has 0 aliphatic heterocycles. The Bertz CT molecular complexity index is 3410. The molecule has 0 amide bonds. The van der Waals surface area contributed by atoms with E-state index in [0.29, 0.717) is 17.5 Å². The van der Waals surface area contributed by atoms with Gasteiger partial charge in [0.2, 0.25) is 0 Å². The molecular formula is C58H37N3O. The normalized spacial score (nSPS) is 12.6. The molecule has 12 rings (SSSR count). The second-order valence-electron chi connectivity index (χ2n) is 15.8. The molecule has 4 heteroatoms. The first-order valence-electron chi connectivity index (χ1n) is 21.0. The van der Waals surface area contributed by atoms with Crippen LogP contribution in [0.25, 0.3) is 89.5 Å². The molecule has 2 heterocycles. The fraction of sp³-hybridized carbons (Fsp3) is 0.0172. The van der Waals surface area contributed by atoms with E-state index in [-0.39, 0.29) is 0 Å². The van der Waals surface area contributed by atoms with Crippen LogP contribution in [0.15, 0.2) is 229 Å². The largest absolute Gasteiger partial charge is 0.455 e. The van der Waals surface area contributed by atoms with Gasteiger partial charge in [-0.2, -0.15) is 0 Å². The highest BCUT2D eigenvalue weighted by atomic mass is 16.3. The molecule has 1 aliphatic rings. The van der Waals surface area contributed by atoms with E-state index in [4.69, 9.17) is 19.4 Å². The summed E-state index contributed by atoms with van der Waals surface area (Å²) < 4.78 is 6.62. The van der Waals surface area contributed by atoms with E-state index in [1.165, 1.54) is 27.8 Å². The Morgan fingerprint density at radius 2 is 0.839 bits per heavy atom. The molecule has 4 nitrogen and oxygen atoms in total. The van der Waals surface area contributed by atoms with Gasteiger partial charge < -0.3 is 4.42 Å². The molecule has 0 fully saturated rings. The average Bonchev–Trinajstić information content (AvgIpc) is 3.89. The van der Waals surface area contributed by atoms with Gasteiger partial charge in [0, 0.05) is 21.9 Å². The number of furan rings is 1. The van der Waals surface area contributed by atoms with E-state index in [9.17, 15) is 0 Å². The molecule has 0 atom stereocenters. The summed E-state index contributed by atoms with van der Waals surface area (Å²) in [6.07, 6.45) is 0. The Morgan fingerprint density at radius 3 is 1.55 bits per heavy atom. The molecule has 0 saturated heterocycles. The maximum atomic E-state index is 6.62. The fourth-order valence-corrected chi connectivity index (χ4v) is 9.74. The van der Waals surface area contributed by atoms with E-state index in [1.54, 1.807) is 0 Å². The van der Waals surface area contributed by atoms with Crippen LogP contribution in [-0.4, -0.2) is 15.0 Å². The number of rotatable bonds is 7. The quantitative estimate of drug-likeness (QED) is 0.161. The lowest BCUT2D eigenvalue weighted by molar-refractivity contribution is 0.669. The number of hydrogen-bond donors (Lipinski definition) is 0. The molecule has 2 aromatic heterocycles. The summed E-state index contributed by atoms with van der Waals surface area (Å²) in [5.41, 5.74) is 15.1. The van der Waals surface area contributed by atoms with Crippen molar-refractivity contribution in [3.8, 4) is 67.5 Å². The molecule has 0 saturated carbocycles. The first-order chi connectivity index (χ1) is 30.8. The summed E-state index contributed by atoms with van der Waals surface area (Å²) in [5.74, 6) is 1.73. The highest BCUT2D eigenvalue weighted by Crippen LogP contribution is 2.58. The van der Waals surface area contributed by atoms with E-state index >= 15 is 0 Å².